The maximum Gasteiger partial charge on any atom is 0.213 e. The standard InChI is InChI=1S/C33H49N3O6/c1-36-12-11-33-10-4-3-5-29(33)31(36)23-26-6-7-27(24-30(26)33)35-28-8-9-32(34-25-28)42-22-21-41-20-19-40-18-17-39-16-15-38-14-13-37-2/h6-9,24-25,29,31,35H,3-5,10-23H2,1-2H3/t29-,31+,33+/m0/s1. The van der Waals surface area contributed by atoms with Crippen LogP contribution in [0.25, 0.3) is 0 Å². The Morgan fingerprint density at radius 2 is 1.52 bits per heavy atom. The van der Waals surface area contributed by atoms with Crippen LogP contribution in [0, 0.1) is 5.92 Å². The summed E-state index contributed by atoms with van der Waals surface area (Å²) in [5.74, 6) is 1.39. The van der Waals surface area contributed by atoms with Crippen molar-refractivity contribution in [3.63, 3.8) is 0 Å². The Kier molecular flexibility index (Phi) is 11.9. The molecule has 0 radical (unpaired) electrons. The second kappa shape index (κ2) is 16.0. The molecule has 1 aromatic carbocycles. The summed E-state index contributed by atoms with van der Waals surface area (Å²) in [4.78, 5) is 7.12. The lowest BCUT2D eigenvalue weighted by molar-refractivity contribution is -0.00987. The highest BCUT2D eigenvalue weighted by molar-refractivity contribution is 5.62. The van der Waals surface area contributed by atoms with Gasteiger partial charge in [0.05, 0.1) is 71.3 Å². The summed E-state index contributed by atoms with van der Waals surface area (Å²) in [6.45, 7) is 6.56. The van der Waals surface area contributed by atoms with E-state index in [0.717, 1.165) is 17.3 Å². The molecule has 9 heteroatoms. The molecule has 1 saturated carbocycles. The lowest BCUT2D eigenvalue weighted by Gasteiger charge is -2.58. The number of aromatic nitrogens is 1. The van der Waals surface area contributed by atoms with Gasteiger partial charge >= 0.3 is 0 Å². The average Bonchev–Trinajstić information content (AvgIpc) is 3.02. The molecule has 2 aliphatic carbocycles. The van der Waals surface area contributed by atoms with Crippen molar-refractivity contribution in [1.29, 1.82) is 0 Å². The number of hydrogen-bond acceptors (Lipinski definition) is 9. The fourth-order valence-corrected chi connectivity index (χ4v) is 7.09. The zero-order valence-electron chi connectivity index (χ0n) is 25.5. The lowest BCUT2D eigenvalue weighted by Crippen LogP contribution is -2.59. The summed E-state index contributed by atoms with van der Waals surface area (Å²) in [7, 11) is 3.99. The Balaban J connectivity index is 0.983. The van der Waals surface area contributed by atoms with Crippen molar-refractivity contribution in [1.82, 2.24) is 9.88 Å². The number of pyridine rings is 1. The van der Waals surface area contributed by atoms with Gasteiger partial charge in [0.1, 0.15) is 6.61 Å². The van der Waals surface area contributed by atoms with Gasteiger partial charge < -0.3 is 38.6 Å². The Hall–Kier alpha value is -2.27. The number of nitrogens with one attached hydrogen (secondary N) is 1. The van der Waals surface area contributed by atoms with Crippen LogP contribution in [0.2, 0.25) is 0 Å². The van der Waals surface area contributed by atoms with Crippen LogP contribution in [0.1, 0.15) is 43.2 Å². The van der Waals surface area contributed by atoms with E-state index in [0.29, 0.717) is 83.4 Å². The van der Waals surface area contributed by atoms with Gasteiger partial charge in [-0.3, -0.25) is 0 Å². The van der Waals surface area contributed by atoms with Crippen LogP contribution in [-0.4, -0.2) is 103 Å². The molecule has 9 nitrogen and oxygen atoms in total. The number of fused-ring (bicyclic) bond motifs is 1. The number of piperidine rings is 1. The number of likely N-dealkylation sites (tertiary alicyclic amines) is 1. The highest BCUT2D eigenvalue weighted by Gasteiger charge is 2.53. The summed E-state index contributed by atoms with van der Waals surface area (Å²) < 4.78 is 32.6. The topological polar surface area (TPSA) is 83.5 Å². The third kappa shape index (κ3) is 8.01. The minimum absolute atomic E-state index is 0.360. The Bertz CT molecular complexity index is 1090. The number of benzene rings is 1. The molecule has 0 unspecified atom stereocenters. The van der Waals surface area contributed by atoms with E-state index in [1.54, 1.807) is 18.2 Å². The minimum Gasteiger partial charge on any atom is -0.475 e. The Morgan fingerprint density at radius 3 is 2.21 bits per heavy atom. The SMILES string of the molecule is COCCOCCOCCOCCOCCOc1ccc(Nc2ccc3c(c2)[C@@]24CCCC[C@H]2[C@@H](C3)N(C)CC4)cn1. The fourth-order valence-electron chi connectivity index (χ4n) is 7.09. The molecule has 1 saturated heterocycles. The molecule has 2 heterocycles. The monoisotopic (exact) mass is 583 g/mol. The molecular formula is C33H49N3O6. The first-order valence-corrected chi connectivity index (χ1v) is 15.7. The van der Waals surface area contributed by atoms with Gasteiger partial charge in [0, 0.05) is 30.3 Å². The van der Waals surface area contributed by atoms with Crippen LogP contribution in [-0.2, 0) is 35.5 Å². The first kappa shape index (κ1) is 31.2. The van der Waals surface area contributed by atoms with E-state index in [2.05, 4.69) is 40.4 Å². The number of hydrogen-bond donors (Lipinski definition) is 1. The molecule has 1 N–H and O–H groups in total. The van der Waals surface area contributed by atoms with Crippen LogP contribution in [0.5, 0.6) is 5.88 Å². The predicted octanol–water partition coefficient (Wildman–Crippen LogP) is 4.61. The third-order valence-electron chi connectivity index (χ3n) is 9.16. The van der Waals surface area contributed by atoms with Gasteiger partial charge in [-0.15, -0.1) is 0 Å². The summed E-state index contributed by atoms with van der Waals surface area (Å²) in [5.41, 5.74) is 5.63. The normalized spacial score (nSPS) is 23.3. The second-order valence-corrected chi connectivity index (χ2v) is 11.7. The molecule has 0 spiro atoms. The van der Waals surface area contributed by atoms with Crippen molar-refractivity contribution >= 4 is 11.4 Å². The maximum absolute atomic E-state index is 5.76. The molecule has 2 bridgehead atoms. The van der Waals surface area contributed by atoms with E-state index in [1.807, 2.05) is 18.3 Å². The van der Waals surface area contributed by atoms with Gasteiger partial charge in [0.15, 0.2) is 0 Å². The highest BCUT2D eigenvalue weighted by atomic mass is 16.6. The van der Waals surface area contributed by atoms with Crippen LogP contribution >= 0.6 is 0 Å². The van der Waals surface area contributed by atoms with Crippen LogP contribution in [0.4, 0.5) is 11.4 Å². The molecule has 5 rings (SSSR count). The number of rotatable bonds is 18. The minimum atomic E-state index is 0.360. The molecule has 1 aliphatic heterocycles. The van der Waals surface area contributed by atoms with Crippen molar-refractivity contribution in [2.24, 2.45) is 5.92 Å². The Morgan fingerprint density at radius 1 is 0.833 bits per heavy atom. The van der Waals surface area contributed by atoms with E-state index in [4.69, 9.17) is 28.4 Å². The van der Waals surface area contributed by atoms with Gasteiger partial charge in [-0.25, -0.2) is 4.98 Å². The molecule has 1 aromatic heterocycles. The molecule has 3 atom stereocenters. The number of nitrogens with zero attached hydrogens (tertiary/aromatic N) is 2. The first-order chi connectivity index (χ1) is 20.7. The number of methoxy groups -OCH3 is 1. The van der Waals surface area contributed by atoms with E-state index in [-0.39, 0.29) is 0 Å². The largest absolute Gasteiger partial charge is 0.475 e. The van der Waals surface area contributed by atoms with Crippen LogP contribution in [0.15, 0.2) is 36.5 Å². The van der Waals surface area contributed by atoms with E-state index in [9.17, 15) is 0 Å². The predicted molar refractivity (Wildman–Crippen MR) is 163 cm³/mol. The maximum atomic E-state index is 5.76. The van der Waals surface area contributed by atoms with Crippen molar-refractivity contribution < 1.29 is 28.4 Å². The number of likely N-dealkylation sites (N-methyl/N-ethyl adjacent to an activating group) is 1. The summed E-state index contributed by atoms with van der Waals surface area (Å²) in [6, 6.07) is 11.7. The van der Waals surface area contributed by atoms with Gasteiger partial charge in [-0.05, 0) is 74.5 Å². The molecule has 232 valence electrons. The highest BCUT2D eigenvalue weighted by Crippen LogP contribution is 2.55. The zero-order chi connectivity index (χ0) is 29.0. The quantitative estimate of drug-likeness (QED) is 0.253. The smallest absolute Gasteiger partial charge is 0.213 e. The van der Waals surface area contributed by atoms with Crippen molar-refractivity contribution in [3.05, 3.63) is 47.7 Å². The van der Waals surface area contributed by atoms with Gasteiger partial charge in [0.25, 0.3) is 0 Å². The van der Waals surface area contributed by atoms with E-state index < -0.39 is 0 Å². The van der Waals surface area contributed by atoms with Crippen molar-refractivity contribution in [3.8, 4) is 5.88 Å². The lowest BCUT2D eigenvalue weighted by atomic mass is 9.52. The van der Waals surface area contributed by atoms with Gasteiger partial charge in [-0.1, -0.05) is 18.9 Å². The zero-order valence-corrected chi connectivity index (χ0v) is 25.5. The molecule has 0 amide bonds. The first-order valence-electron chi connectivity index (χ1n) is 15.7. The van der Waals surface area contributed by atoms with E-state index >= 15 is 0 Å². The molecule has 42 heavy (non-hydrogen) atoms. The molecule has 2 aromatic rings. The van der Waals surface area contributed by atoms with Crippen LogP contribution in [0.3, 0.4) is 0 Å². The molecular weight excluding hydrogens is 534 g/mol. The third-order valence-corrected chi connectivity index (χ3v) is 9.16. The Labute approximate surface area is 251 Å². The average molecular weight is 584 g/mol. The van der Waals surface area contributed by atoms with Crippen molar-refractivity contribution in [2.45, 2.75) is 50.0 Å². The number of anilines is 2. The number of ether oxygens (including phenoxy) is 6. The fraction of sp³-hybridized carbons (Fsp3) is 0.667. The summed E-state index contributed by atoms with van der Waals surface area (Å²) in [5, 5.41) is 3.59. The molecule has 3 aliphatic rings. The molecule has 2 fully saturated rings. The summed E-state index contributed by atoms with van der Waals surface area (Å²) in [6.07, 6.45) is 9.76. The van der Waals surface area contributed by atoms with E-state index in [1.165, 1.54) is 45.1 Å². The van der Waals surface area contributed by atoms with Gasteiger partial charge in [-0.2, -0.15) is 0 Å². The summed E-state index contributed by atoms with van der Waals surface area (Å²) >= 11 is 0. The van der Waals surface area contributed by atoms with Crippen LogP contribution < -0.4 is 10.1 Å². The van der Waals surface area contributed by atoms with Crippen molar-refractivity contribution in [2.75, 3.05) is 92.1 Å². The van der Waals surface area contributed by atoms with Gasteiger partial charge in [0.2, 0.25) is 5.88 Å². The second-order valence-electron chi connectivity index (χ2n) is 11.7.